The summed E-state index contributed by atoms with van der Waals surface area (Å²) in [7, 11) is 0.821. The van der Waals surface area contributed by atoms with E-state index in [1.807, 2.05) is 0 Å². The van der Waals surface area contributed by atoms with Gasteiger partial charge < -0.3 is 10.5 Å². The third-order valence-electron chi connectivity index (χ3n) is 1.98. The van der Waals surface area contributed by atoms with Crippen molar-refractivity contribution in [1.82, 2.24) is 0 Å². The van der Waals surface area contributed by atoms with Crippen molar-refractivity contribution in [3.63, 3.8) is 0 Å². The molecule has 96 valence electrons. The van der Waals surface area contributed by atoms with Crippen LogP contribution in [0.4, 0.5) is 32.0 Å². The molecule has 0 bridgehead atoms. The number of nitrogens with two attached hydrogens (primary N) is 1. The van der Waals surface area contributed by atoms with Crippen LogP contribution in [0.3, 0.4) is 0 Å². The van der Waals surface area contributed by atoms with E-state index < -0.39 is 34.9 Å². The molecule has 0 aliphatic rings. The number of hydrogen-bond donors (Lipinski definition) is 1. The SMILES string of the molecule is COc1c(N)ccc(C(F)(F)F)c1C(F)(F)F. The summed E-state index contributed by atoms with van der Waals surface area (Å²) in [5, 5.41) is 0. The van der Waals surface area contributed by atoms with E-state index in [9.17, 15) is 26.3 Å². The van der Waals surface area contributed by atoms with Crippen molar-refractivity contribution >= 4 is 5.69 Å². The maximum Gasteiger partial charge on any atom is 0.420 e. The molecule has 0 amide bonds. The Morgan fingerprint density at radius 3 is 1.88 bits per heavy atom. The van der Waals surface area contributed by atoms with Crippen LogP contribution in [-0.2, 0) is 12.4 Å². The zero-order valence-corrected chi connectivity index (χ0v) is 8.41. The number of alkyl halides is 6. The zero-order valence-electron chi connectivity index (χ0n) is 8.41. The molecule has 8 heteroatoms. The van der Waals surface area contributed by atoms with E-state index >= 15 is 0 Å². The van der Waals surface area contributed by atoms with E-state index in [1.165, 1.54) is 0 Å². The molecule has 1 rings (SSSR count). The van der Waals surface area contributed by atoms with E-state index in [4.69, 9.17) is 5.73 Å². The van der Waals surface area contributed by atoms with E-state index in [-0.39, 0.29) is 6.07 Å². The molecule has 0 saturated carbocycles. The van der Waals surface area contributed by atoms with Crippen LogP contribution < -0.4 is 10.5 Å². The Morgan fingerprint density at radius 2 is 1.53 bits per heavy atom. The molecule has 0 heterocycles. The van der Waals surface area contributed by atoms with Crippen molar-refractivity contribution in [3.8, 4) is 5.75 Å². The first-order valence-electron chi connectivity index (χ1n) is 4.20. The first-order valence-corrected chi connectivity index (χ1v) is 4.20. The van der Waals surface area contributed by atoms with Crippen LogP contribution in [0.2, 0.25) is 0 Å². The Bertz CT molecular complexity index is 423. The summed E-state index contributed by atoms with van der Waals surface area (Å²) in [4.78, 5) is 0. The number of rotatable bonds is 1. The average Bonchev–Trinajstić information content (AvgIpc) is 2.13. The third-order valence-corrected chi connectivity index (χ3v) is 1.98. The van der Waals surface area contributed by atoms with Crippen LogP contribution >= 0.6 is 0 Å². The quantitative estimate of drug-likeness (QED) is 0.620. The molecule has 0 aliphatic heterocycles. The molecule has 1 aromatic carbocycles. The molecule has 2 nitrogen and oxygen atoms in total. The minimum Gasteiger partial charge on any atom is -0.494 e. The molecule has 0 saturated heterocycles. The average molecular weight is 259 g/mol. The summed E-state index contributed by atoms with van der Waals surface area (Å²) in [5.74, 6) is -1.02. The van der Waals surface area contributed by atoms with Gasteiger partial charge in [0.1, 0.15) is 5.56 Å². The van der Waals surface area contributed by atoms with Gasteiger partial charge in [0.05, 0.1) is 18.4 Å². The van der Waals surface area contributed by atoms with Crippen molar-refractivity contribution < 1.29 is 31.1 Å². The first kappa shape index (κ1) is 13.5. The molecular weight excluding hydrogens is 252 g/mol. The highest BCUT2D eigenvalue weighted by atomic mass is 19.4. The molecule has 2 N–H and O–H groups in total. The lowest BCUT2D eigenvalue weighted by molar-refractivity contribution is -0.162. The Morgan fingerprint density at radius 1 is 1.00 bits per heavy atom. The Kier molecular flexibility index (Phi) is 3.17. The summed E-state index contributed by atoms with van der Waals surface area (Å²) >= 11 is 0. The molecule has 0 fully saturated rings. The number of methoxy groups -OCH3 is 1. The van der Waals surface area contributed by atoms with Gasteiger partial charge in [-0.25, -0.2) is 0 Å². The van der Waals surface area contributed by atoms with Gasteiger partial charge in [0.2, 0.25) is 0 Å². The molecule has 17 heavy (non-hydrogen) atoms. The van der Waals surface area contributed by atoms with Crippen molar-refractivity contribution in [3.05, 3.63) is 23.3 Å². The molecular formula is C9H7F6NO. The molecule has 0 radical (unpaired) electrons. The van der Waals surface area contributed by atoms with E-state index in [2.05, 4.69) is 4.74 Å². The largest absolute Gasteiger partial charge is 0.494 e. The minimum atomic E-state index is -5.20. The molecule has 1 aromatic rings. The second-order valence-electron chi connectivity index (χ2n) is 3.11. The van der Waals surface area contributed by atoms with Crippen LogP contribution in [0, 0.1) is 0 Å². The lowest BCUT2D eigenvalue weighted by Gasteiger charge is -2.19. The van der Waals surface area contributed by atoms with Crippen LogP contribution in [0.25, 0.3) is 0 Å². The van der Waals surface area contributed by atoms with E-state index in [0.717, 1.165) is 13.2 Å². The standard InChI is InChI=1S/C9H7F6NO/c1-17-7-5(16)3-2-4(8(10,11)12)6(7)9(13,14)15/h2-3H,16H2,1H3. The molecule has 0 aromatic heterocycles. The van der Waals surface area contributed by atoms with Crippen molar-refractivity contribution in [2.75, 3.05) is 12.8 Å². The summed E-state index contributed by atoms with van der Waals surface area (Å²) < 4.78 is 79.3. The van der Waals surface area contributed by atoms with E-state index in [1.54, 1.807) is 0 Å². The minimum absolute atomic E-state index is 0.278. The lowest BCUT2D eigenvalue weighted by atomic mass is 10.0. The second-order valence-corrected chi connectivity index (χ2v) is 3.11. The highest BCUT2D eigenvalue weighted by Gasteiger charge is 2.46. The van der Waals surface area contributed by atoms with Crippen LogP contribution in [0.15, 0.2) is 12.1 Å². The van der Waals surface area contributed by atoms with Gasteiger partial charge in [-0.3, -0.25) is 0 Å². The van der Waals surface area contributed by atoms with Gasteiger partial charge in [0.15, 0.2) is 5.75 Å². The molecule has 0 spiro atoms. The number of ether oxygens (including phenoxy) is 1. The Labute approximate surface area is 92.0 Å². The molecule has 0 unspecified atom stereocenters. The highest BCUT2D eigenvalue weighted by Crippen LogP contribution is 2.46. The van der Waals surface area contributed by atoms with Gasteiger partial charge in [-0.2, -0.15) is 26.3 Å². The van der Waals surface area contributed by atoms with Crippen LogP contribution in [0.1, 0.15) is 11.1 Å². The van der Waals surface area contributed by atoms with Gasteiger partial charge in [0.25, 0.3) is 0 Å². The third kappa shape index (κ3) is 2.56. The topological polar surface area (TPSA) is 35.2 Å². The number of nitrogen functional groups attached to an aromatic ring is 1. The van der Waals surface area contributed by atoms with Gasteiger partial charge in [-0.15, -0.1) is 0 Å². The summed E-state index contributed by atoms with van der Waals surface area (Å²) in [5.41, 5.74) is 0.909. The van der Waals surface area contributed by atoms with Crippen molar-refractivity contribution in [2.24, 2.45) is 0 Å². The summed E-state index contributed by atoms with van der Waals surface area (Å²) in [6.45, 7) is 0. The predicted molar refractivity (Wildman–Crippen MR) is 47.4 cm³/mol. The molecule has 0 atom stereocenters. The highest BCUT2D eigenvalue weighted by molar-refractivity contribution is 5.61. The normalized spacial score (nSPS) is 12.6. The predicted octanol–water partition coefficient (Wildman–Crippen LogP) is 3.32. The van der Waals surface area contributed by atoms with Gasteiger partial charge in [0, 0.05) is 0 Å². The van der Waals surface area contributed by atoms with Crippen LogP contribution in [0.5, 0.6) is 5.75 Å². The first-order chi connectivity index (χ1) is 7.59. The lowest BCUT2D eigenvalue weighted by Crippen LogP contribution is -2.18. The maximum absolute atomic E-state index is 12.6. The van der Waals surface area contributed by atoms with Gasteiger partial charge >= 0.3 is 12.4 Å². The number of anilines is 1. The fourth-order valence-corrected chi connectivity index (χ4v) is 1.34. The number of benzene rings is 1. The fraction of sp³-hybridized carbons (Fsp3) is 0.333. The second kappa shape index (κ2) is 4.01. The smallest absolute Gasteiger partial charge is 0.420 e. The van der Waals surface area contributed by atoms with E-state index in [0.29, 0.717) is 0 Å². The fourth-order valence-electron chi connectivity index (χ4n) is 1.34. The monoisotopic (exact) mass is 259 g/mol. The number of hydrogen-bond acceptors (Lipinski definition) is 2. The Hall–Kier alpha value is -1.60. The van der Waals surface area contributed by atoms with Gasteiger partial charge in [-0.05, 0) is 12.1 Å². The summed E-state index contributed by atoms with van der Waals surface area (Å²) in [6, 6.07) is 0.998. The van der Waals surface area contributed by atoms with Crippen LogP contribution in [-0.4, -0.2) is 7.11 Å². The van der Waals surface area contributed by atoms with Crippen molar-refractivity contribution in [2.45, 2.75) is 12.4 Å². The maximum atomic E-state index is 12.6. The Balaban J connectivity index is 3.64. The summed E-state index contributed by atoms with van der Waals surface area (Å²) in [6.07, 6.45) is -10.3. The molecule has 0 aliphatic carbocycles. The zero-order chi connectivity index (χ0) is 13.4. The number of halogens is 6. The van der Waals surface area contributed by atoms with Gasteiger partial charge in [-0.1, -0.05) is 0 Å². The van der Waals surface area contributed by atoms with Crippen molar-refractivity contribution in [1.29, 1.82) is 0 Å².